The van der Waals surface area contributed by atoms with E-state index in [1.54, 1.807) is 30.6 Å². The predicted molar refractivity (Wildman–Crippen MR) is 146 cm³/mol. The van der Waals surface area contributed by atoms with Gasteiger partial charge in [-0.3, -0.25) is 9.36 Å². The third-order valence-corrected chi connectivity index (χ3v) is 6.76. The first-order valence-electron chi connectivity index (χ1n) is 12.8. The summed E-state index contributed by atoms with van der Waals surface area (Å²) in [4.78, 5) is 28.9. The monoisotopic (exact) mass is 513 g/mol. The number of primary amides is 1. The quantitative estimate of drug-likeness (QED) is 0.305. The Hall–Kier alpha value is -4.21. The van der Waals surface area contributed by atoms with Gasteiger partial charge in [-0.05, 0) is 80.7 Å². The zero-order chi connectivity index (χ0) is 26.5. The zero-order valence-corrected chi connectivity index (χ0v) is 21.3. The molecule has 4 aromatic rings. The molecule has 3 heterocycles. The Morgan fingerprint density at radius 2 is 1.89 bits per heavy atom. The highest BCUT2D eigenvalue weighted by molar-refractivity contribution is 6.03. The van der Waals surface area contributed by atoms with Crippen molar-refractivity contribution >= 4 is 28.7 Å². The van der Waals surface area contributed by atoms with Gasteiger partial charge in [0.2, 0.25) is 0 Å². The van der Waals surface area contributed by atoms with Crippen molar-refractivity contribution in [2.75, 3.05) is 25.0 Å². The van der Waals surface area contributed by atoms with Crippen molar-refractivity contribution in [1.29, 1.82) is 0 Å². The largest absolute Gasteiger partial charge is 0.457 e. The number of amides is 2. The van der Waals surface area contributed by atoms with Crippen molar-refractivity contribution in [2.45, 2.75) is 32.3 Å². The van der Waals surface area contributed by atoms with Gasteiger partial charge in [0.1, 0.15) is 17.3 Å². The fourth-order valence-electron chi connectivity index (χ4n) is 4.74. The van der Waals surface area contributed by atoms with Gasteiger partial charge in [0.25, 0.3) is 5.91 Å². The van der Waals surface area contributed by atoms with E-state index in [4.69, 9.17) is 15.2 Å². The van der Waals surface area contributed by atoms with E-state index in [0.717, 1.165) is 36.9 Å². The normalized spacial score (nSPS) is 13.9. The molecule has 5 rings (SSSR count). The molecule has 1 aliphatic heterocycles. The lowest BCUT2D eigenvalue weighted by Gasteiger charge is -2.23. The third-order valence-electron chi connectivity index (χ3n) is 6.76. The van der Waals surface area contributed by atoms with Crippen LogP contribution in [0.1, 0.15) is 47.2 Å². The smallest absolute Gasteiger partial charge is 0.323 e. The third kappa shape index (κ3) is 5.69. The van der Waals surface area contributed by atoms with Gasteiger partial charge in [0.15, 0.2) is 0 Å². The second kappa shape index (κ2) is 11.5. The molecule has 0 bridgehead atoms. The Bertz CT molecular complexity index is 1440. The van der Waals surface area contributed by atoms with Crippen molar-refractivity contribution in [1.82, 2.24) is 14.9 Å². The highest BCUT2D eigenvalue weighted by atomic mass is 16.5. The maximum Gasteiger partial charge on any atom is 0.323 e. The number of nitrogens with one attached hydrogen (secondary N) is 2. The lowest BCUT2D eigenvalue weighted by atomic mass is 9.90. The van der Waals surface area contributed by atoms with Crippen LogP contribution in [0.25, 0.3) is 10.9 Å². The van der Waals surface area contributed by atoms with Gasteiger partial charge < -0.3 is 25.8 Å². The summed E-state index contributed by atoms with van der Waals surface area (Å²) in [6, 6.07) is 16.1. The topological polar surface area (TPSA) is 120 Å². The van der Waals surface area contributed by atoms with Crippen LogP contribution in [0, 0.1) is 0 Å². The Balaban J connectivity index is 1.32. The number of nitrogens with zero attached hydrogens (tertiary/aromatic N) is 2. The molecule has 0 spiro atoms. The van der Waals surface area contributed by atoms with Gasteiger partial charge in [-0.15, -0.1) is 0 Å². The molecule has 0 aliphatic carbocycles. The summed E-state index contributed by atoms with van der Waals surface area (Å²) in [6.45, 7) is 4.78. The lowest BCUT2D eigenvalue weighted by molar-refractivity contribution is 0.102. The molecule has 0 atom stereocenters. The molecule has 1 aliphatic rings. The van der Waals surface area contributed by atoms with E-state index in [9.17, 15) is 9.59 Å². The Morgan fingerprint density at radius 1 is 1.11 bits per heavy atom. The van der Waals surface area contributed by atoms with E-state index in [1.165, 1.54) is 10.1 Å². The predicted octanol–water partition coefficient (Wildman–Crippen LogP) is 5.01. The number of nitrogens with two attached hydrogens (primary N) is 1. The maximum absolute atomic E-state index is 12.9. The molecule has 0 saturated carbocycles. The first-order valence-corrected chi connectivity index (χ1v) is 12.8. The van der Waals surface area contributed by atoms with E-state index in [0.29, 0.717) is 47.5 Å². The summed E-state index contributed by atoms with van der Waals surface area (Å²) in [6.07, 6.45) is 5.42. The van der Waals surface area contributed by atoms with Crippen LogP contribution in [-0.4, -0.2) is 41.2 Å². The van der Waals surface area contributed by atoms with Gasteiger partial charge in [0.05, 0.1) is 12.1 Å². The van der Waals surface area contributed by atoms with Crippen LogP contribution in [0.15, 0.2) is 67.0 Å². The van der Waals surface area contributed by atoms with Crippen LogP contribution < -0.4 is 21.1 Å². The van der Waals surface area contributed by atoms with Crippen molar-refractivity contribution in [3.8, 4) is 11.5 Å². The molecule has 2 aromatic heterocycles. The van der Waals surface area contributed by atoms with Crippen LogP contribution in [-0.2, 0) is 11.3 Å². The second-order valence-corrected chi connectivity index (χ2v) is 9.26. The van der Waals surface area contributed by atoms with Crippen molar-refractivity contribution < 1.29 is 19.1 Å². The first-order chi connectivity index (χ1) is 18.5. The fourth-order valence-corrected chi connectivity index (χ4v) is 4.74. The van der Waals surface area contributed by atoms with Gasteiger partial charge in [0, 0.05) is 41.6 Å². The highest BCUT2D eigenvalue weighted by Gasteiger charge is 2.17. The molecule has 9 nitrogen and oxygen atoms in total. The van der Waals surface area contributed by atoms with Crippen LogP contribution in [0.5, 0.6) is 11.5 Å². The number of ether oxygens (including phenoxy) is 2. The summed E-state index contributed by atoms with van der Waals surface area (Å²) in [5.74, 6) is 1.75. The van der Waals surface area contributed by atoms with Gasteiger partial charge in [-0.2, -0.15) is 0 Å². The molecular weight excluding hydrogens is 482 g/mol. The van der Waals surface area contributed by atoms with E-state index < -0.39 is 6.03 Å². The number of benzene rings is 2. The lowest BCUT2D eigenvalue weighted by Crippen LogP contribution is -2.26. The molecule has 38 heavy (non-hydrogen) atoms. The number of hydrogen-bond donors (Lipinski definition) is 3. The standard InChI is InChI=1S/C29H31N5O4/c1-2-37-18-23-15-25-22(10-14-34(25)29(30)36)16-26(23)38-24-9-13-32-27(17-24)33-28(35)21-5-3-19(4-6-21)20-7-11-31-12-8-20/h3-6,9-10,13-17,20,31H,2,7-8,11-12,18H2,1H3,(H2,30,36)(H,32,33,35). The average Bonchev–Trinajstić information content (AvgIpc) is 3.35. The molecule has 2 amide bonds. The van der Waals surface area contributed by atoms with Gasteiger partial charge in [-0.1, -0.05) is 12.1 Å². The SMILES string of the molecule is CCOCc1cc2c(ccn2C(N)=O)cc1Oc1ccnc(NC(=O)c2ccc(C3CCNCC3)cc2)c1. The summed E-state index contributed by atoms with van der Waals surface area (Å²) < 4.78 is 13.2. The maximum atomic E-state index is 12.9. The number of carbonyl (C=O) groups is 2. The molecule has 1 fully saturated rings. The molecular formula is C29H31N5O4. The number of carbonyl (C=O) groups excluding carboxylic acids is 2. The molecule has 9 heteroatoms. The van der Waals surface area contributed by atoms with Gasteiger partial charge >= 0.3 is 6.03 Å². The van der Waals surface area contributed by atoms with Crippen LogP contribution in [0.4, 0.5) is 10.6 Å². The number of anilines is 1. The minimum Gasteiger partial charge on any atom is -0.457 e. The van der Waals surface area contributed by atoms with Crippen molar-refractivity contribution in [3.63, 3.8) is 0 Å². The number of pyridine rings is 1. The van der Waals surface area contributed by atoms with Crippen LogP contribution >= 0.6 is 0 Å². The summed E-state index contributed by atoms with van der Waals surface area (Å²) in [5, 5.41) is 7.04. The number of fused-ring (bicyclic) bond motifs is 1. The minimum absolute atomic E-state index is 0.238. The van der Waals surface area contributed by atoms with Crippen LogP contribution in [0.3, 0.4) is 0 Å². The highest BCUT2D eigenvalue weighted by Crippen LogP contribution is 2.32. The summed E-state index contributed by atoms with van der Waals surface area (Å²) in [7, 11) is 0. The summed E-state index contributed by atoms with van der Waals surface area (Å²) in [5.41, 5.74) is 8.76. The first kappa shape index (κ1) is 25.4. The number of hydrogen-bond acceptors (Lipinski definition) is 6. The zero-order valence-electron chi connectivity index (χ0n) is 21.3. The molecule has 1 saturated heterocycles. The van der Waals surface area contributed by atoms with Crippen molar-refractivity contribution in [3.05, 3.63) is 83.7 Å². The van der Waals surface area contributed by atoms with E-state index in [1.807, 2.05) is 43.3 Å². The molecule has 2 aromatic carbocycles. The minimum atomic E-state index is -0.563. The fraction of sp³-hybridized carbons (Fsp3) is 0.276. The number of piperidine rings is 1. The molecule has 0 unspecified atom stereocenters. The second-order valence-electron chi connectivity index (χ2n) is 9.26. The van der Waals surface area contributed by atoms with E-state index >= 15 is 0 Å². The number of rotatable bonds is 8. The molecule has 0 radical (unpaired) electrons. The Kier molecular flexibility index (Phi) is 7.67. The summed E-state index contributed by atoms with van der Waals surface area (Å²) >= 11 is 0. The Labute approximate surface area is 220 Å². The average molecular weight is 514 g/mol. The van der Waals surface area contributed by atoms with Crippen LogP contribution in [0.2, 0.25) is 0 Å². The number of aromatic nitrogens is 2. The van der Waals surface area contributed by atoms with E-state index in [2.05, 4.69) is 15.6 Å². The molecule has 196 valence electrons. The van der Waals surface area contributed by atoms with Crippen molar-refractivity contribution in [2.24, 2.45) is 5.73 Å². The Morgan fingerprint density at radius 3 is 2.63 bits per heavy atom. The van der Waals surface area contributed by atoms with E-state index in [-0.39, 0.29) is 5.91 Å². The molecule has 4 N–H and O–H groups in total. The van der Waals surface area contributed by atoms with Gasteiger partial charge in [-0.25, -0.2) is 9.78 Å².